The Morgan fingerprint density at radius 3 is 2.77 bits per heavy atom. The molecule has 1 aromatic carbocycles. The fourth-order valence-electron chi connectivity index (χ4n) is 2.10. The molecule has 0 saturated heterocycles. The Morgan fingerprint density at radius 2 is 2.08 bits per heavy atom. The highest BCUT2D eigenvalue weighted by atomic mass is 32.2. The molecule has 1 amide bonds. The van der Waals surface area contributed by atoms with Gasteiger partial charge >= 0.3 is 0 Å². The van der Waals surface area contributed by atoms with E-state index in [-0.39, 0.29) is 5.91 Å². The largest absolute Gasteiger partial charge is 0.494 e. The molecule has 26 heavy (non-hydrogen) atoms. The summed E-state index contributed by atoms with van der Waals surface area (Å²) in [4.78, 5) is 16.5. The molecule has 3 aromatic rings. The van der Waals surface area contributed by atoms with Gasteiger partial charge in [-0.2, -0.15) is 0 Å². The van der Waals surface area contributed by atoms with Gasteiger partial charge in [-0.3, -0.25) is 4.79 Å². The van der Waals surface area contributed by atoms with Gasteiger partial charge in [-0.15, -0.1) is 21.5 Å². The van der Waals surface area contributed by atoms with Crippen molar-refractivity contribution in [3.8, 4) is 17.0 Å². The van der Waals surface area contributed by atoms with Gasteiger partial charge in [0.15, 0.2) is 9.47 Å². The van der Waals surface area contributed by atoms with Crippen molar-refractivity contribution in [3.05, 3.63) is 34.7 Å². The van der Waals surface area contributed by atoms with Crippen LogP contribution >= 0.6 is 34.4 Å². The average Bonchev–Trinajstić information content (AvgIpc) is 3.25. The summed E-state index contributed by atoms with van der Waals surface area (Å²) in [6.07, 6.45) is 0.404. The van der Waals surface area contributed by atoms with E-state index in [1.54, 1.807) is 11.8 Å². The van der Waals surface area contributed by atoms with Crippen LogP contribution in [0.2, 0.25) is 0 Å². The van der Waals surface area contributed by atoms with E-state index in [0.29, 0.717) is 23.9 Å². The van der Waals surface area contributed by atoms with Gasteiger partial charge < -0.3 is 10.1 Å². The molecular formula is C17H18N4O2S3. The zero-order chi connectivity index (χ0) is 18.4. The quantitative estimate of drug-likeness (QED) is 0.556. The second-order valence-electron chi connectivity index (χ2n) is 5.23. The van der Waals surface area contributed by atoms with Crippen LogP contribution in [0.5, 0.6) is 5.75 Å². The Kier molecular flexibility index (Phi) is 6.59. The van der Waals surface area contributed by atoms with Crippen molar-refractivity contribution in [1.29, 1.82) is 0 Å². The summed E-state index contributed by atoms with van der Waals surface area (Å²) in [5.74, 6) is 1.45. The van der Waals surface area contributed by atoms with Crippen LogP contribution in [0, 0.1) is 6.92 Å². The number of aromatic nitrogens is 3. The number of ether oxygens (including phenoxy) is 1. The monoisotopic (exact) mass is 406 g/mol. The first kappa shape index (κ1) is 18.8. The SMILES string of the molecule is CCOc1ccc(-c2csc(NC(=O)CCSc3nnc(C)s3)n2)cc1. The molecule has 0 fully saturated rings. The standard InChI is InChI=1S/C17H18N4O2S3/c1-3-23-13-6-4-12(5-7-13)14-10-25-16(18-14)19-15(22)8-9-24-17-21-20-11(2)26-17/h4-7,10H,3,8-9H2,1-2H3,(H,18,19,22). The number of amides is 1. The lowest BCUT2D eigenvalue weighted by molar-refractivity contribution is -0.115. The fraction of sp³-hybridized carbons (Fsp3) is 0.294. The van der Waals surface area contributed by atoms with Crippen LogP contribution in [-0.2, 0) is 4.79 Å². The van der Waals surface area contributed by atoms with Crippen LogP contribution in [0.15, 0.2) is 34.0 Å². The van der Waals surface area contributed by atoms with Crippen LogP contribution < -0.4 is 10.1 Å². The molecule has 0 aliphatic carbocycles. The van der Waals surface area contributed by atoms with Gasteiger partial charge in [-0.05, 0) is 38.1 Å². The minimum atomic E-state index is -0.0497. The van der Waals surface area contributed by atoms with Gasteiger partial charge in [0.1, 0.15) is 10.8 Å². The molecule has 3 rings (SSSR count). The Labute approximate surface area is 164 Å². The molecule has 0 aliphatic heterocycles. The molecule has 2 heterocycles. The molecule has 1 N–H and O–H groups in total. The van der Waals surface area contributed by atoms with E-state index in [9.17, 15) is 4.79 Å². The van der Waals surface area contributed by atoms with Gasteiger partial charge in [0.05, 0.1) is 12.3 Å². The Hall–Kier alpha value is -1.97. The van der Waals surface area contributed by atoms with Crippen molar-refractivity contribution in [1.82, 2.24) is 15.2 Å². The second-order valence-corrected chi connectivity index (χ2v) is 8.61. The molecular weight excluding hydrogens is 388 g/mol. The minimum Gasteiger partial charge on any atom is -0.494 e. The Bertz CT molecular complexity index is 861. The van der Waals surface area contributed by atoms with Crippen molar-refractivity contribution in [2.24, 2.45) is 0 Å². The van der Waals surface area contributed by atoms with E-state index < -0.39 is 0 Å². The molecule has 2 aromatic heterocycles. The van der Waals surface area contributed by atoms with Crippen LogP contribution in [0.4, 0.5) is 5.13 Å². The van der Waals surface area contributed by atoms with Gasteiger partial charge in [0.25, 0.3) is 0 Å². The normalized spacial score (nSPS) is 10.7. The second kappa shape index (κ2) is 9.11. The fourth-order valence-corrected chi connectivity index (χ4v) is 4.66. The first-order chi connectivity index (χ1) is 12.6. The maximum absolute atomic E-state index is 12.1. The number of nitrogens with zero attached hydrogens (tertiary/aromatic N) is 3. The Morgan fingerprint density at radius 1 is 1.27 bits per heavy atom. The van der Waals surface area contributed by atoms with Crippen molar-refractivity contribution in [2.45, 2.75) is 24.6 Å². The van der Waals surface area contributed by atoms with Crippen LogP contribution in [-0.4, -0.2) is 33.4 Å². The van der Waals surface area contributed by atoms with Gasteiger partial charge in [0, 0.05) is 23.1 Å². The lowest BCUT2D eigenvalue weighted by atomic mass is 10.2. The molecule has 136 valence electrons. The molecule has 0 spiro atoms. The molecule has 0 atom stereocenters. The number of hydrogen-bond acceptors (Lipinski definition) is 8. The van der Waals surface area contributed by atoms with E-state index in [2.05, 4.69) is 20.5 Å². The zero-order valence-electron chi connectivity index (χ0n) is 14.4. The number of aryl methyl sites for hydroxylation is 1. The number of rotatable bonds is 8. The molecule has 0 aliphatic rings. The summed E-state index contributed by atoms with van der Waals surface area (Å²) in [7, 11) is 0. The predicted molar refractivity (Wildman–Crippen MR) is 107 cm³/mol. The van der Waals surface area contributed by atoms with Crippen LogP contribution in [0.3, 0.4) is 0 Å². The van der Waals surface area contributed by atoms with Gasteiger partial charge in [-0.25, -0.2) is 4.98 Å². The van der Waals surface area contributed by atoms with E-state index in [1.807, 2.05) is 43.5 Å². The number of thiazole rings is 1. The molecule has 0 saturated carbocycles. The zero-order valence-corrected chi connectivity index (χ0v) is 16.8. The summed E-state index contributed by atoms with van der Waals surface area (Å²) in [5.41, 5.74) is 1.83. The number of thioether (sulfide) groups is 1. The summed E-state index contributed by atoms with van der Waals surface area (Å²) in [5, 5.41) is 14.3. The first-order valence-corrected chi connectivity index (χ1v) is 10.7. The van der Waals surface area contributed by atoms with Crippen molar-refractivity contribution < 1.29 is 9.53 Å². The van der Waals surface area contributed by atoms with E-state index >= 15 is 0 Å². The number of nitrogens with one attached hydrogen (secondary N) is 1. The third kappa shape index (κ3) is 5.26. The van der Waals surface area contributed by atoms with Gasteiger partial charge in [-0.1, -0.05) is 23.1 Å². The number of anilines is 1. The topological polar surface area (TPSA) is 77.0 Å². The molecule has 6 nitrogen and oxygen atoms in total. The summed E-state index contributed by atoms with van der Waals surface area (Å²) in [6, 6.07) is 7.77. The van der Waals surface area contributed by atoms with E-state index in [1.165, 1.54) is 22.7 Å². The van der Waals surface area contributed by atoms with E-state index in [0.717, 1.165) is 26.4 Å². The highest BCUT2D eigenvalue weighted by molar-refractivity contribution is 8.01. The lowest BCUT2D eigenvalue weighted by Crippen LogP contribution is -2.11. The van der Waals surface area contributed by atoms with E-state index in [4.69, 9.17) is 4.74 Å². The maximum atomic E-state index is 12.1. The smallest absolute Gasteiger partial charge is 0.226 e. The summed E-state index contributed by atoms with van der Waals surface area (Å²) in [6.45, 7) is 4.51. The Balaban J connectivity index is 1.50. The summed E-state index contributed by atoms with van der Waals surface area (Å²) >= 11 is 4.50. The van der Waals surface area contributed by atoms with Crippen molar-refractivity contribution in [2.75, 3.05) is 17.7 Å². The minimum absolute atomic E-state index is 0.0497. The molecule has 0 bridgehead atoms. The molecule has 9 heteroatoms. The summed E-state index contributed by atoms with van der Waals surface area (Å²) < 4.78 is 6.33. The van der Waals surface area contributed by atoms with Crippen molar-refractivity contribution in [3.63, 3.8) is 0 Å². The van der Waals surface area contributed by atoms with Crippen LogP contribution in [0.1, 0.15) is 18.4 Å². The highest BCUT2D eigenvalue weighted by Gasteiger charge is 2.09. The number of benzene rings is 1. The number of carbonyl (C=O) groups excluding carboxylic acids is 1. The average molecular weight is 407 g/mol. The highest BCUT2D eigenvalue weighted by Crippen LogP contribution is 2.27. The first-order valence-electron chi connectivity index (χ1n) is 8.05. The molecule has 0 unspecified atom stereocenters. The maximum Gasteiger partial charge on any atom is 0.226 e. The number of carbonyl (C=O) groups is 1. The third-order valence-electron chi connectivity index (χ3n) is 3.27. The number of hydrogen-bond donors (Lipinski definition) is 1. The van der Waals surface area contributed by atoms with Crippen molar-refractivity contribution >= 4 is 45.5 Å². The van der Waals surface area contributed by atoms with Gasteiger partial charge in [0.2, 0.25) is 5.91 Å². The third-order valence-corrected chi connectivity index (χ3v) is 6.01. The predicted octanol–water partition coefficient (Wildman–Crippen LogP) is 4.49. The van der Waals surface area contributed by atoms with Crippen LogP contribution in [0.25, 0.3) is 11.3 Å². The molecule has 0 radical (unpaired) electrons. The lowest BCUT2D eigenvalue weighted by Gasteiger charge is -2.03.